The number of phenolic OH excluding ortho intramolecular Hbond substituents is 1. The first-order chi connectivity index (χ1) is 14.7. The Morgan fingerprint density at radius 1 is 0.871 bits per heavy atom. The number of hydrogen-bond donors (Lipinski definition) is 2. The van der Waals surface area contributed by atoms with E-state index < -0.39 is 38.0 Å². The second-order valence-corrected chi connectivity index (χ2v) is 7.92. The highest BCUT2D eigenvalue weighted by atomic mass is 32.2. The quantitative estimate of drug-likeness (QED) is 0.363. The van der Waals surface area contributed by atoms with E-state index in [1.54, 1.807) is 30.3 Å². The molecule has 0 amide bonds. The SMILES string of the molecule is O=C(O)c1cc2ccccc2c(N=Nc2c(O)cc(S(=O)(=O)[O-])c3ccccc23)c1[O-]. The first-order valence-corrected chi connectivity index (χ1v) is 10.2. The van der Waals surface area contributed by atoms with Crippen molar-refractivity contribution in [3.63, 3.8) is 0 Å². The molecule has 4 aromatic rings. The minimum absolute atomic E-state index is 0.0238. The molecule has 0 bridgehead atoms. The lowest BCUT2D eigenvalue weighted by molar-refractivity contribution is -0.267. The van der Waals surface area contributed by atoms with Gasteiger partial charge < -0.3 is 19.9 Å². The maximum atomic E-state index is 12.7. The topological polar surface area (TPSA) is 163 Å². The predicted molar refractivity (Wildman–Crippen MR) is 108 cm³/mol. The van der Waals surface area contributed by atoms with Crippen LogP contribution in [-0.4, -0.2) is 29.2 Å². The van der Waals surface area contributed by atoms with Crippen LogP contribution in [0.3, 0.4) is 0 Å². The molecule has 31 heavy (non-hydrogen) atoms. The van der Waals surface area contributed by atoms with E-state index in [-0.39, 0.29) is 22.1 Å². The fourth-order valence-corrected chi connectivity index (χ4v) is 4.00. The van der Waals surface area contributed by atoms with Crippen molar-refractivity contribution in [2.24, 2.45) is 10.2 Å². The standard InChI is InChI=1S/C21H14N2O7S/c24-16-10-17(31(28,29)30)13-7-3-4-8-14(13)18(16)22-23-19-12-6-2-1-5-11(12)9-15(20(19)25)21(26)27/h1-10,24-25H,(H,26,27)(H,28,29,30)/p-2. The maximum absolute atomic E-state index is 12.7. The molecule has 156 valence electrons. The number of rotatable bonds is 4. The highest BCUT2D eigenvalue weighted by Crippen LogP contribution is 2.42. The summed E-state index contributed by atoms with van der Waals surface area (Å²) < 4.78 is 34.7. The van der Waals surface area contributed by atoms with Crippen molar-refractivity contribution < 1.29 is 33.1 Å². The van der Waals surface area contributed by atoms with Gasteiger partial charge in [0.05, 0.1) is 16.1 Å². The zero-order chi connectivity index (χ0) is 22.3. The molecule has 0 aliphatic heterocycles. The van der Waals surface area contributed by atoms with Gasteiger partial charge in [-0.05, 0) is 11.5 Å². The van der Waals surface area contributed by atoms with Gasteiger partial charge in [-0.25, -0.2) is 13.2 Å². The third kappa shape index (κ3) is 3.54. The maximum Gasteiger partial charge on any atom is 0.335 e. The molecule has 0 unspecified atom stereocenters. The number of fused-ring (bicyclic) bond motifs is 2. The summed E-state index contributed by atoms with van der Waals surface area (Å²) in [6.07, 6.45) is 0. The molecule has 0 saturated heterocycles. The van der Waals surface area contributed by atoms with E-state index in [0.717, 1.165) is 6.07 Å². The molecule has 10 heteroatoms. The van der Waals surface area contributed by atoms with Crippen LogP contribution in [0.15, 0.2) is 75.8 Å². The first kappa shape index (κ1) is 20.3. The summed E-state index contributed by atoms with van der Waals surface area (Å²) in [5.41, 5.74) is -0.916. The molecule has 0 aromatic heterocycles. The molecular weight excluding hydrogens is 424 g/mol. The molecule has 2 N–H and O–H groups in total. The zero-order valence-electron chi connectivity index (χ0n) is 15.5. The molecule has 0 heterocycles. The summed E-state index contributed by atoms with van der Waals surface area (Å²) >= 11 is 0. The Kier molecular flexibility index (Phi) is 4.80. The zero-order valence-corrected chi connectivity index (χ0v) is 16.3. The largest absolute Gasteiger partial charge is 0.870 e. The molecule has 9 nitrogen and oxygen atoms in total. The van der Waals surface area contributed by atoms with Crippen molar-refractivity contribution in [2.45, 2.75) is 4.90 Å². The molecular formula is C21H12N2O7S-2. The van der Waals surface area contributed by atoms with Crippen LogP contribution in [-0.2, 0) is 10.1 Å². The fraction of sp³-hybridized carbons (Fsp3) is 0. The second kappa shape index (κ2) is 7.35. The van der Waals surface area contributed by atoms with E-state index in [9.17, 15) is 33.1 Å². The second-order valence-electron chi connectivity index (χ2n) is 6.57. The summed E-state index contributed by atoms with van der Waals surface area (Å²) in [7, 11) is -4.88. The van der Waals surface area contributed by atoms with Crippen molar-refractivity contribution in [1.82, 2.24) is 0 Å². The summed E-state index contributed by atoms with van der Waals surface area (Å²) in [5.74, 6) is -2.92. The van der Waals surface area contributed by atoms with Crippen molar-refractivity contribution in [2.75, 3.05) is 0 Å². The molecule has 0 fully saturated rings. The molecule has 4 aromatic carbocycles. The summed E-state index contributed by atoms with van der Waals surface area (Å²) in [5, 5.41) is 41.1. The van der Waals surface area contributed by atoms with Crippen molar-refractivity contribution in [1.29, 1.82) is 0 Å². The van der Waals surface area contributed by atoms with Gasteiger partial charge >= 0.3 is 5.97 Å². The van der Waals surface area contributed by atoms with Crippen LogP contribution in [0.2, 0.25) is 0 Å². The predicted octanol–water partition coefficient (Wildman–Crippen LogP) is 3.79. The Balaban J connectivity index is 1.99. The molecule has 0 spiro atoms. The minimum Gasteiger partial charge on any atom is -0.870 e. The van der Waals surface area contributed by atoms with E-state index in [2.05, 4.69) is 10.2 Å². The lowest BCUT2D eigenvalue weighted by Crippen LogP contribution is -2.04. The van der Waals surface area contributed by atoms with Crippen LogP contribution in [0, 0.1) is 0 Å². The van der Waals surface area contributed by atoms with E-state index >= 15 is 0 Å². The number of aromatic hydroxyl groups is 1. The number of carboxylic acids is 1. The number of carboxylic acid groups (broad SMARTS) is 1. The summed E-state index contributed by atoms with van der Waals surface area (Å²) in [6, 6.07) is 14.4. The van der Waals surface area contributed by atoms with E-state index in [0.29, 0.717) is 10.8 Å². The summed E-state index contributed by atoms with van der Waals surface area (Å²) in [6.45, 7) is 0. The van der Waals surface area contributed by atoms with Crippen LogP contribution < -0.4 is 5.11 Å². The molecule has 0 aliphatic rings. The highest BCUT2D eigenvalue weighted by Gasteiger charge is 2.16. The third-order valence-electron chi connectivity index (χ3n) is 4.68. The van der Waals surface area contributed by atoms with Gasteiger partial charge in [0.15, 0.2) is 0 Å². The molecule has 0 aliphatic carbocycles. The van der Waals surface area contributed by atoms with Crippen LogP contribution in [0.1, 0.15) is 10.4 Å². The van der Waals surface area contributed by atoms with Gasteiger partial charge in [-0.1, -0.05) is 54.3 Å². The average molecular weight is 436 g/mol. The normalized spacial score (nSPS) is 12.0. The van der Waals surface area contributed by atoms with Crippen molar-refractivity contribution in [3.05, 3.63) is 66.2 Å². The molecule has 0 saturated carbocycles. The molecule has 0 radical (unpaired) electrons. The number of phenols is 1. The van der Waals surface area contributed by atoms with Gasteiger partial charge in [-0.15, -0.1) is 5.11 Å². The smallest absolute Gasteiger partial charge is 0.335 e. The lowest BCUT2D eigenvalue weighted by atomic mass is 10.0. The van der Waals surface area contributed by atoms with Crippen LogP contribution >= 0.6 is 0 Å². The van der Waals surface area contributed by atoms with Crippen molar-refractivity contribution >= 4 is 49.0 Å². The van der Waals surface area contributed by atoms with E-state index in [1.807, 2.05) is 0 Å². The average Bonchev–Trinajstić information content (AvgIpc) is 2.72. The number of carbonyl (C=O) groups is 1. The highest BCUT2D eigenvalue weighted by molar-refractivity contribution is 7.86. The Labute approximate surface area is 175 Å². The van der Waals surface area contributed by atoms with Gasteiger partial charge in [-0.2, -0.15) is 5.11 Å². The number of nitrogens with zero attached hydrogens (tertiary/aromatic N) is 2. The van der Waals surface area contributed by atoms with Crippen LogP contribution in [0.25, 0.3) is 21.5 Å². The third-order valence-corrected chi connectivity index (χ3v) is 5.56. The van der Waals surface area contributed by atoms with Gasteiger partial charge in [0, 0.05) is 22.2 Å². The van der Waals surface area contributed by atoms with Gasteiger partial charge in [0.25, 0.3) is 0 Å². The Morgan fingerprint density at radius 2 is 1.45 bits per heavy atom. The monoisotopic (exact) mass is 436 g/mol. The molecule has 0 atom stereocenters. The first-order valence-electron chi connectivity index (χ1n) is 8.77. The number of aromatic carboxylic acids is 1. The van der Waals surface area contributed by atoms with Crippen LogP contribution in [0.5, 0.6) is 11.5 Å². The van der Waals surface area contributed by atoms with E-state index in [1.165, 1.54) is 24.3 Å². The van der Waals surface area contributed by atoms with Gasteiger partial charge in [0.1, 0.15) is 21.6 Å². The minimum atomic E-state index is -4.88. The van der Waals surface area contributed by atoms with Gasteiger partial charge in [0.2, 0.25) is 0 Å². The Bertz CT molecular complexity index is 1510. The Morgan fingerprint density at radius 3 is 2.10 bits per heavy atom. The number of azo groups is 1. The summed E-state index contributed by atoms with van der Waals surface area (Å²) in [4.78, 5) is 10.8. The van der Waals surface area contributed by atoms with Crippen LogP contribution in [0.4, 0.5) is 11.4 Å². The molecule has 4 rings (SSSR count). The Hall–Kier alpha value is -4.02. The fourth-order valence-electron chi connectivity index (χ4n) is 3.29. The van der Waals surface area contributed by atoms with Gasteiger partial charge in [-0.3, -0.25) is 0 Å². The number of hydrogen-bond acceptors (Lipinski definition) is 8. The number of benzene rings is 4. The van der Waals surface area contributed by atoms with Crippen molar-refractivity contribution in [3.8, 4) is 11.5 Å². The lowest BCUT2D eigenvalue weighted by Gasteiger charge is -2.16. The van der Waals surface area contributed by atoms with E-state index in [4.69, 9.17) is 0 Å².